The van der Waals surface area contributed by atoms with Gasteiger partial charge in [-0.25, -0.2) is 0 Å². The van der Waals surface area contributed by atoms with E-state index in [0.717, 1.165) is 16.3 Å². The van der Waals surface area contributed by atoms with E-state index >= 15 is 0 Å². The van der Waals surface area contributed by atoms with Gasteiger partial charge in [0, 0.05) is 35.9 Å². The first-order chi connectivity index (χ1) is 11.0. The van der Waals surface area contributed by atoms with Crippen LogP contribution < -0.4 is 15.5 Å². The molecule has 0 unspecified atom stereocenters. The van der Waals surface area contributed by atoms with E-state index in [1.807, 2.05) is 49.3 Å². The molecule has 2 aromatic carbocycles. The Kier molecular flexibility index (Phi) is 4.25. The fourth-order valence-corrected chi connectivity index (χ4v) is 3.08. The maximum atomic E-state index is 12.4. The Labute approximate surface area is 139 Å². The van der Waals surface area contributed by atoms with Crippen LogP contribution in [-0.2, 0) is 4.79 Å². The van der Waals surface area contributed by atoms with E-state index in [1.54, 1.807) is 12.1 Å². The number of amides is 2. The number of hydrogen-bond acceptors (Lipinski definition) is 4. The highest BCUT2D eigenvalue weighted by atomic mass is 32.2. The van der Waals surface area contributed by atoms with Gasteiger partial charge in [0.1, 0.15) is 0 Å². The summed E-state index contributed by atoms with van der Waals surface area (Å²) in [6, 6.07) is 13.0. The lowest BCUT2D eigenvalue weighted by Gasteiger charge is -2.17. The number of anilines is 3. The zero-order chi connectivity index (χ0) is 16.4. The van der Waals surface area contributed by atoms with Gasteiger partial charge >= 0.3 is 0 Å². The molecule has 1 heterocycles. The van der Waals surface area contributed by atoms with Crippen LogP contribution in [0.2, 0.25) is 0 Å². The van der Waals surface area contributed by atoms with Gasteiger partial charge in [0.2, 0.25) is 5.91 Å². The molecule has 0 aliphatic carbocycles. The van der Waals surface area contributed by atoms with Crippen LogP contribution in [0, 0.1) is 0 Å². The first kappa shape index (κ1) is 15.4. The van der Waals surface area contributed by atoms with E-state index < -0.39 is 0 Å². The summed E-state index contributed by atoms with van der Waals surface area (Å²) in [7, 11) is 3.86. The highest BCUT2D eigenvalue weighted by Gasteiger charge is 2.16. The first-order valence-electron chi connectivity index (χ1n) is 7.18. The number of nitrogens with one attached hydrogen (secondary N) is 2. The monoisotopic (exact) mass is 327 g/mol. The molecule has 0 saturated heterocycles. The third-order valence-electron chi connectivity index (χ3n) is 3.50. The lowest BCUT2D eigenvalue weighted by molar-refractivity contribution is -0.113. The second-order valence-corrected chi connectivity index (χ2v) is 6.46. The highest BCUT2D eigenvalue weighted by Crippen LogP contribution is 2.33. The molecular weight excluding hydrogens is 310 g/mol. The SMILES string of the molecule is CN(C)c1cccc(C(=O)Nc2ccc3c(c2)NC(=O)CS3)c1. The Balaban J connectivity index is 1.79. The van der Waals surface area contributed by atoms with Gasteiger partial charge in [0.15, 0.2) is 0 Å². The number of hydrogen-bond donors (Lipinski definition) is 2. The Morgan fingerprint density at radius 3 is 2.83 bits per heavy atom. The molecule has 0 fully saturated rings. The largest absolute Gasteiger partial charge is 0.378 e. The summed E-state index contributed by atoms with van der Waals surface area (Å²) in [5.41, 5.74) is 2.96. The molecule has 1 aliphatic heterocycles. The third-order valence-corrected chi connectivity index (χ3v) is 4.57. The van der Waals surface area contributed by atoms with Gasteiger partial charge < -0.3 is 15.5 Å². The number of benzene rings is 2. The molecule has 0 atom stereocenters. The quantitative estimate of drug-likeness (QED) is 0.909. The molecule has 3 rings (SSSR count). The van der Waals surface area contributed by atoms with Crippen molar-refractivity contribution in [2.45, 2.75) is 4.90 Å². The molecule has 118 valence electrons. The van der Waals surface area contributed by atoms with Crippen molar-refractivity contribution in [2.24, 2.45) is 0 Å². The van der Waals surface area contributed by atoms with Crippen LogP contribution >= 0.6 is 11.8 Å². The second-order valence-electron chi connectivity index (χ2n) is 5.45. The number of rotatable bonds is 3. The van der Waals surface area contributed by atoms with Crippen molar-refractivity contribution in [2.75, 3.05) is 35.4 Å². The summed E-state index contributed by atoms with van der Waals surface area (Å²) in [6.07, 6.45) is 0. The molecule has 0 bridgehead atoms. The Morgan fingerprint density at radius 1 is 1.22 bits per heavy atom. The molecular formula is C17H17N3O2S. The summed E-state index contributed by atoms with van der Waals surface area (Å²) in [5, 5.41) is 5.69. The van der Waals surface area contributed by atoms with Gasteiger partial charge in [0.05, 0.1) is 11.4 Å². The first-order valence-corrected chi connectivity index (χ1v) is 8.17. The van der Waals surface area contributed by atoms with Crippen LogP contribution in [0.5, 0.6) is 0 Å². The number of nitrogens with zero attached hydrogens (tertiary/aromatic N) is 1. The molecule has 2 amide bonds. The van der Waals surface area contributed by atoms with E-state index in [4.69, 9.17) is 0 Å². The standard InChI is InChI=1S/C17H17N3O2S/c1-20(2)13-5-3-4-11(8-13)17(22)18-12-6-7-15-14(9-12)19-16(21)10-23-15/h3-9H,10H2,1-2H3,(H,18,22)(H,19,21). The summed E-state index contributed by atoms with van der Waals surface area (Å²) in [4.78, 5) is 26.8. The fourth-order valence-electron chi connectivity index (χ4n) is 2.29. The predicted octanol–water partition coefficient (Wildman–Crippen LogP) is 3.05. The number of carbonyl (C=O) groups excluding carboxylic acids is 2. The molecule has 2 N–H and O–H groups in total. The van der Waals surface area contributed by atoms with Crippen LogP contribution in [0.3, 0.4) is 0 Å². The molecule has 0 saturated carbocycles. The average Bonchev–Trinajstić information content (AvgIpc) is 2.54. The molecule has 2 aromatic rings. The lowest BCUT2D eigenvalue weighted by Crippen LogP contribution is -2.19. The normalized spacial score (nSPS) is 13.0. The molecule has 0 radical (unpaired) electrons. The number of thioether (sulfide) groups is 1. The van der Waals surface area contributed by atoms with E-state index in [-0.39, 0.29) is 11.8 Å². The number of fused-ring (bicyclic) bond motifs is 1. The molecule has 5 nitrogen and oxygen atoms in total. The van der Waals surface area contributed by atoms with Crippen molar-refractivity contribution in [3.63, 3.8) is 0 Å². The van der Waals surface area contributed by atoms with Crippen LogP contribution in [0.1, 0.15) is 10.4 Å². The molecule has 6 heteroatoms. The van der Waals surface area contributed by atoms with Crippen molar-refractivity contribution in [3.8, 4) is 0 Å². The van der Waals surface area contributed by atoms with Gasteiger partial charge in [-0.3, -0.25) is 9.59 Å². The van der Waals surface area contributed by atoms with Gasteiger partial charge in [-0.15, -0.1) is 11.8 Å². The minimum absolute atomic E-state index is 0.0235. The summed E-state index contributed by atoms with van der Waals surface area (Å²) in [5.74, 6) is 0.226. The van der Waals surface area contributed by atoms with Crippen molar-refractivity contribution in [1.82, 2.24) is 0 Å². The van der Waals surface area contributed by atoms with E-state index in [1.165, 1.54) is 11.8 Å². The summed E-state index contributed by atoms with van der Waals surface area (Å²) >= 11 is 1.50. The minimum Gasteiger partial charge on any atom is -0.378 e. The maximum Gasteiger partial charge on any atom is 0.255 e. The predicted molar refractivity (Wildman–Crippen MR) is 94.5 cm³/mol. The zero-order valence-electron chi connectivity index (χ0n) is 12.9. The van der Waals surface area contributed by atoms with Crippen molar-refractivity contribution in [1.29, 1.82) is 0 Å². The van der Waals surface area contributed by atoms with E-state index in [9.17, 15) is 9.59 Å². The minimum atomic E-state index is -0.177. The Hall–Kier alpha value is -2.47. The maximum absolute atomic E-state index is 12.4. The van der Waals surface area contributed by atoms with Crippen LogP contribution in [0.25, 0.3) is 0 Å². The van der Waals surface area contributed by atoms with Gasteiger partial charge in [-0.05, 0) is 36.4 Å². The molecule has 23 heavy (non-hydrogen) atoms. The second kappa shape index (κ2) is 6.34. The van der Waals surface area contributed by atoms with Crippen LogP contribution in [0.15, 0.2) is 47.4 Å². The zero-order valence-corrected chi connectivity index (χ0v) is 13.7. The Bertz CT molecular complexity index is 774. The topological polar surface area (TPSA) is 61.4 Å². The average molecular weight is 327 g/mol. The lowest BCUT2D eigenvalue weighted by atomic mass is 10.1. The van der Waals surface area contributed by atoms with Crippen LogP contribution in [0.4, 0.5) is 17.1 Å². The van der Waals surface area contributed by atoms with E-state index in [0.29, 0.717) is 17.0 Å². The van der Waals surface area contributed by atoms with Gasteiger partial charge in [-0.1, -0.05) is 6.07 Å². The van der Waals surface area contributed by atoms with Crippen LogP contribution in [-0.4, -0.2) is 31.7 Å². The molecule has 0 spiro atoms. The fraction of sp³-hybridized carbons (Fsp3) is 0.176. The van der Waals surface area contributed by atoms with E-state index in [2.05, 4.69) is 10.6 Å². The van der Waals surface area contributed by atoms with Gasteiger partial charge in [-0.2, -0.15) is 0 Å². The van der Waals surface area contributed by atoms with Crippen molar-refractivity contribution in [3.05, 3.63) is 48.0 Å². The highest BCUT2D eigenvalue weighted by molar-refractivity contribution is 8.00. The smallest absolute Gasteiger partial charge is 0.255 e. The number of carbonyl (C=O) groups is 2. The Morgan fingerprint density at radius 2 is 2.04 bits per heavy atom. The summed E-state index contributed by atoms with van der Waals surface area (Å²) in [6.45, 7) is 0. The van der Waals surface area contributed by atoms with Gasteiger partial charge in [0.25, 0.3) is 5.91 Å². The molecule has 0 aromatic heterocycles. The van der Waals surface area contributed by atoms with Crippen molar-refractivity contribution < 1.29 is 9.59 Å². The third kappa shape index (κ3) is 3.48. The van der Waals surface area contributed by atoms with Crippen molar-refractivity contribution >= 4 is 40.6 Å². The summed E-state index contributed by atoms with van der Waals surface area (Å²) < 4.78 is 0. The molecule has 1 aliphatic rings.